The van der Waals surface area contributed by atoms with Crippen molar-refractivity contribution in [3.05, 3.63) is 48.3 Å². The predicted molar refractivity (Wildman–Crippen MR) is 104 cm³/mol. The second kappa shape index (κ2) is 7.98. The number of sulfonamides is 1. The van der Waals surface area contributed by atoms with Gasteiger partial charge in [-0.25, -0.2) is 18.1 Å². The van der Waals surface area contributed by atoms with Crippen molar-refractivity contribution in [2.75, 3.05) is 20.8 Å². The number of fused-ring (bicyclic) bond motifs is 1. The van der Waals surface area contributed by atoms with Crippen molar-refractivity contribution in [2.24, 2.45) is 0 Å². The van der Waals surface area contributed by atoms with E-state index in [2.05, 4.69) is 14.3 Å². The van der Waals surface area contributed by atoms with Crippen molar-refractivity contribution in [2.45, 2.75) is 24.8 Å². The molecule has 3 rings (SSSR count). The minimum absolute atomic E-state index is 0.0926. The van der Waals surface area contributed by atoms with Crippen LogP contribution in [0.5, 0.6) is 11.5 Å². The van der Waals surface area contributed by atoms with Crippen LogP contribution in [-0.4, -0.2) is 38.7 Å². The maximum Gasteiger partial charge on any atom is 0.244 e. The van der Waals surface area contributed by atoms with Crippen molar-refractivity contribution >= 4 is 21.1 Å². The van der Waals surface area contributed by atoms with Crippen LogP contribution in [0.25, 0.3) is 11.0 Å². The van der Waals surface area contributed by atoms with Crippen molar-refractivity contribution in [3.63, 3.8) is 0 Å². The lowest BCUT2D eigenvalue weighted by Gasteiger charge is -2.12. The van der Waals surface area contributed by atoms with Crippen LogP contribution in [0.1, 0.15) is 12.2 Å². The summed E-state index contributed by atoms with van der Waals surface area (Å²) in [5.74, 6) is 1.70. The Morgan fingerprint density at radius 2 is 1.89 bits per heavy atom. The van der Waals surface area contributed by atoms with Gasteiger partial charge in [-0.3, -0.25) is 0 Å². The largest absolute Gasteiger partial charge is 0.497 e. The topological polar surface area (TPSA) is 82.5 Å². The van der Waals surface area contributed by atoms with E-state index < -0.39 is 10.0 Å². The van der Waals surface area contributed by atoms with Gasteiger partial charge in [-0.1, -0.05) is 12.1 Å². The molecule has 1 N–H and O–H groups in total. The van der Waals surface area contributed by atoms with E-state index in [-0.39, 0.29) is 10.6 Å². The number of para-hydroxylation sites is 2. The fraction of sp³-hybridized carbons (Fsp3) is 0.316. The van der Waals surface area contributed by atoms with E-state index >= 15 is 0 Å². The van der Waals surface area contributed by atoms with Crippen LogP contribution in [0.15, 0.2) is 47.4 Å². The van der Waals surface area contributed by atoms with Gasteiger partial charge in [0, 0.05) is 19.2 Å². The highest BCUT2D eigenvalue weighted by molar-refractivity contribution is 7.89. The van der Waals surface area contributed by atoms with Crippen molar-refractivity contribution in [1.29, 1.82) is 0 Å². The van der Waals surface area contributed by atoms with E-state index in [0.29, 0.717) is 25.3 Å². The van der Waals surface area contributed by atoms with Crippen molar-refractivity contribution in [1.82, 2.24) is 14.3 Å². The highest BCUT2D eigenvalue weighted by atomic mass is 32.2. The number of hydrogen-bond donors (Lipinski definition) is 1. The molecule has 0 saturated carbocycles. The van der Waals surface area contributed by atoms with Gasteiger partial charge >= 0.3 is 0 Å². The van der Waals surface area contributed by atoms with E-state index in [4.69, 9.17) is 9.47 Å². The molecule has 1 aromatic heterocycles. The molecular formula is C19H23N3O4S. The van der Waals surface area contributed by atoms with Crippen LogP contribution in [0, 0.1) is 6.92 Å². The van der Waals surface area contributed by atoms with E-state index in [0.717, 1.165) is 16.9 Å². The number of imidazole rings is 1. The molecule has 144 valence electrons. The van der Waals surface area contributed by atoms with Gasteiger partial charge in [0.1, 0.15) is 22.2 Å². The Bertz CT molecular complexity index is 1040. The maximum atomic E-state index is 12.6. The zero-order chi connectivity index (χ0) is 19.4. The molecule has 3 aromatic rings. The molecule has 0 radical (unpaired) electrons. The molecular weight excluding hydrogens is 366 g/mol. The number of nitrogens with zero attached hydrogens (tertiary/aromatic N) is 2. The molecule has 0 aliphatic carbocycles. The first-order chi connectivity index (χ1) is 13.0. The molecule has 0 fully saturated rings. The van der Waals surface area contributed by atoms with Crippen LogP contribution in [0.4, 0.5) is 0 Å². The Hall–Kier alpha value is -2.58. The van der Waals surface area contributed by atoms with Crippen LogP contribution in [-0.2, 0) is 16.6 Å². The molecule has 8 heteroatoms. The molecule has 0 spiro atoms. The Balaban J connectivity index is 1.67. The highest BCUT2D eigenvalue weighted by Gasteiger charge is 2.19. The number of aryl methyl sites for hydroxylation is 2. The average Bonchev–Trinajstić information content (AvgIpc) is 2.99. The zero-order valence-electron chi connectivity index (χ0n) is 15.6. The third-order valence-corrected chi connectivity index (χ3v) is 5.86. The zero-order valence-corrected chi connectivity index (χ0v) is 16.4. The molecule has 27 heavy (non-hydrogen) atoms. The van der Waals surface area contributed by atoms with Gasteiger partial charge < -0.3 is 14.0 Å². The minimum atomic E-state index is -3.68. The van der Waals surface area contributed by atoms with Crippen molar-refractivity contribution in [3.8, 4) is 11.5 Å². The second-order valence-corrected chi connectivity index (χ2v) is 7.80. The number of ether oxygens (including phenoxy) is 2. The third kappa shape index (κ3) is 4.06. The summed E-state index contributed by atoms with van der Waals surface area (Å²) >= 11 is 0. The summed E-state index contributed by atoms with van der Waals surface area (Å²) < 4.78 is 40.2. The molecule has 1 heterocycles. The van der Waals surface area contributed by atoms with Crippen LogP contribution < -0.4 is 14.2 Å². The fourth-order valence-electron chi connectivity index (χ4n) is 3.00. The smallest absolute Gasteiger partial charge is 0.244 e. The summed E-state index contributed by atoms with van der Waals surface area (Å²) in [4.78, 5) is 4.62. The number of hydrogen-bond acceptors (Lipinski definition) is 5. The highest BCUT2D eigenvalue weighted by Crippen LogP contribution is 2.28. The monoisotopic (exact) mass is 389 g/mol. The Labute approximate surface area is 159 Å². The molecule has 0 aliphatic heterocycles. The summed E-state index contributed by atoms with van der Waals surface area (Å²) in [6.45, 7) is 2.93. The summed E-state index contributed by atoms with van der Waals surface area (Å²) in [5.41, 5.74) is 1.99. The fourth-order valence-corrected chi connectivity index (χ4v) is 4.22. The van der Waals surface area contributed by atoms with E-state index in [1.54, 1.807) is 12.1 Å². The van der Waals surface area contributed by atoms with Crippen LogP contribution in [0.2, 0.25) is 0 Å². The molecule has 0 aliphatic rings. The van der Waals surface area contributed by atoms with Gasteiger partial charge in [0.15, 0.2) is 0 Å². The summed E-state index contributed by atoms with van der Waals surface area (Å²) in [7, 11) is -0.729. The third-order valence-electron chi connectivity index (χ3n) is 4.36. The number of rotatable bonds is 8. The van der Waals surface area contributed by atoms with Gasteiger partial charge in [-0.05, 0) is 37.6 Å². The van der Waals surface area contributed by atoms with Gasteiger partial charge in [0.2, 0.25) is 10.0 Å². The predicted octanol–water partition coefficient (Wildman–Crippen LogP) is 2.73. The van der Waals surface area contributed by atoms with E-state index in [1.807, 2.05) is 31.2 Å². The van der Waals surface area contributed by atoms with Gasteiger partial charge in [-0.15, -0.1) is 0 Å². The first kappa shape index (κ1) is 19.2. The maximum absolute atomic E-state index is 12.6. The molecule has 0 bridgehead atoms. The summed E-state index contributed by atoms with van der Waals surface area (Å²) in [5, 5.41) is 0. The number of nitrogens with one attached hydrogen (secondary N) is 1. The van der Waals surface area contributed by atoms with Gasteiger partial charge in [-0.2, -0.15) is 0 Å². The molecule has 0 unspecified atom stereocenters. The lowest BCUT2D eigenvalue weighted by atomic mass is 10.3. The van der Waals surface area contributed by atoms with E-state index in [1.165, 1.54) is 20.3 Å². The number of aromatic nitrogens is 2. The van der Waals surface area contributed by atoms with Gasteiger partial charge in [0.25, 0.3) is 0 Å². The molecule has 0 saturated heterocycles. The summed E-state index contributed by atoms with van der Waals surface area (Å²) in [6.07, 6.45) is 0.638. The Kier molecular flexibility index (Phi) is 5.67. The molecule has 0 atom stereocenters. The summed E-state index contributed by atoms with van der Waals surface area (Å²) in [6, 6.07) is 12.5. The first-order valence-electron chi connectivity index (χ1n) is 8.60. The average molecular weight is 389 g/mol. The SMILES string of the molecule is COc1ccc(S(=O)(=O)NCCCn2c(C)nc3ccccc32)c(OC)c1. The van der Waals surface area contributed by atoms with Crippen LogP contribution >= 0.6 is 0 Å². The number of benzene rings is 2. The van der Waals surface area contributed by atoms with Crippen LogP contribution in [0.3, 0.4) is 0 Å². The molecule has 2 aromatic carbocycles. The lowest BCUT2D eigenvalue weighted by Crippen LogP contribution is -2.26. The number of methoxy groups -OCH3 is 2. The van der Waals surface area contributed by atoms with Crippen molar-refractivity contribution < 1.29 is 17.9 Å². The normalized spacial score (nSPS) is 11.7. The lowest BCUT2D eigenvalue weighted by molar-refractivity contribution is 0.386. The first-order valence-corrected chi connectivity index (χ1v) is 10.1. The quantitative estimate of drug-likeness (QED) is 0.599. The Morgan fingerprint density at radius 3 is 2.63 bits per heavy atom. The molecule has 7 nitrogen and oxygen atoms in total. The van der Waals surface area contributed by atoms with Gasteiger partial charge in [0.05, 0.1) is 25.3 Å². The second-order valence-electron chi connectivity index (χ2n) is 6.07. The standard InChI is InChI=1S/C19H23N3O4S/c1-14-21-16-7-4-5-8-17(16)22(14)12-6-11-20-27(23,24)19-10-9-15(25-2)13-18(19)26-3/h4-5,7-10,13,20H,6,11-12H2,1-3H3. The molecule has 0 amide bonds. The Morgan fingerprint density at radius 1 is 1.11 bits per heavy atom. The minimum Gasteiger partial charge on any atom is -0.497 e. The van der Waals surface area contributed by atoms with E-state index in [9.17, 15) is 8.42 Å².